The number of fused-ring (bicyclic) bond motifs is 1. The molecule has 0 aliphatic carbocycles. The molecule has 0 bridgehead atoms. The van der Waals surface area contributed by atoms with E-state index in [9.17, 15) is 22.8 Å². The van der Waals surface area contributed by atoms with Crippen molar-refractivity contribution in [3.05, 3.63) is 59.2 Å². The molecule has 0 aromatic heterocycles. The van der Waals surface area contributed by atoms with Crippen molar-refractivity contribution in [3.8, 4) is 0 Å². The number of hydrogen-bond acceptors (Lipinski definition) is 5. The number of benzene rings is 2. The summed E-state index contributed by atoms with van der Waals surface area (Å²) in [4.78, 5) is 37.7. The molecule has 3 rings (SSSR count). The van der Waals surface area contributed by atoms with Crippen LogP contribution < -0.4 is 5.32 Å². The van der Waals surface area contributed by atoms with Crippen LogP contribution >= 0.6 is 0 Å². The van der Waals surface area contributed by atoms with E-state index in [1.165, 1.54) is 53.8 Å². The Morgan fingerprint density at radius 3 is 2.31 bits per heavy atom. The molecule has 1 N–H and O–H groups in total. The summed E-state index contributed by atoms with van der Waals surface area (Å²) in [5, 5.41) is 2.64. The predicted octanol–water partition coefficient (Wildman–Crippen LogP) is 2.20. The molecular formula is C20H21N3O5S. The molecule has 0 unspecified atom stereocenters. The van der Waals surface area contributed by atoms with Gasteiger partial charge in [0.1, 0.15) is 0 Å². The van der Waals surface area contributed by atoms with Crippen molar-refractivity contribution in [2.45, 2.75) is 18.7 Å². The Morgan fingerprint density at radius 1 is 1.00 bits per heavy atom. The minimum Gasteiger partial charge on any atom is -0.322 e. The molecule has 152 valence electrons. The van der Waals surface area contributed by atoms with Crippen LogP contribution in [0.4, 0.5) is 5.69 Å². The topological polar surface area (TPSA) is 104 Å². The first-order chi connectivity index (χ1) is 13.7. The van der Waals surface area contributed by atoms with E-state index < -0.39 is 27.7 Å². The van der Waals surface area contributed by atoms with E-state index in [0.29, 0.717) is 18.8 Å². The van der Waals surface area contributed by atoms with E-state index >= 15 is 0 Å². The molecule has 2 aromatic carbocycles. The van der Waals surface area contributed by atoms with Gasteiger partial charge in [-0.1, -0.05) is 19.9 Å². The Labute approximate surface area is 169 Å². The van der Waals surface area contributed by atoms with E-state index in [4.69, 9.17) is 0 Å². The third kappa shape index (κ3) is 3.66. The number of carbonyl (C=O) groups is 3. The number of amides is 3. The van der Waals surface area contributed by atoms with Gasteiger partial charge in [0.25, 0.3) is 17.7 Å². The summed E-state index contributed by atoms with van der Waals surface area (Å²) >= 11 is 0. The quantitative estimate of drug-likeness (QED) is 0.729. The zero-order valence-electron chi connectivity index (χ0n) is 16.3. The number of imide groups is 1. The average Bonchev–Trinajstić information content (AvgIpc) is 2.92. The van der Waals surface area contributed by atoms with Gasteiger partial charge in [-0.05, 0) is 36.4 Å². The molecule has 8 nitrogen and oxygen atoms in total. The molecule has 0 radical (unpaired) electrons. The van der Waals surface area contributed by atoms with Gasteiger partial charge in [-0.15, -0.1) is 0 Å². The third-order valence-electron chi connectivity index (χ3n) is 4.79. The van der Waals surface area contributed by atoms with E-state index in [1.54, 1.807) is 13.8 Å². The highest BCUT2D eigenvalue weighted by Crippen LogP contribution is 2.25. The van der Waals surface area contributed by atoms with Gasteiger partial charge >= 0.3 is 0 Å². The summed E-state index contributed by atoms with van der Waals surface area (Å²) in [6.45, 7) is 4.14. The summed E-state index contributed by atoms with van der Waals surface area (Å²) in [6.07, 6.45) is 0. The van der Waals surface area contributed by atoms with Crippen LogP contribution in [0.1, 0.15) is 44.9 Å². The Bertz CT molecular complexity index is 1110. The monoisotopic (exact) mass is 415 g/mol. The van der Waals surface area contributed by atoms with Crippen LogP contribution in [0.25, 0.3) is 0 Å². The summed E-state index contributed by atoms with van der Waals surface area (Å²) < 4.78 is 26.7. The maximum atomic E-state index is 12.7. The van der Waals surface area contributed by atoms with Crippen LogP contribution in [-0.4, -0.2) is 55.5 Å². The van der Waals surface area contributed by atoms with Crippen molar-refractivity contribution in [1.29, 1.82) is 0 Å². The first kappa shape index (κ1) is 20.7. The summed E-state index contributed by atoms with van der Waals surface area (Å²) in [5.41, 5.74) is 0.997. The van der Waals surface area contributed by atoms with E-state index in [2.05, 4.69) is 5.32 Å². The minimum atomic E-state index is -3.69. The molecule has 3 amide bonds. The van der Waals surface area contributed by atoms with Crippen molar-refractivity contribution in [2.24, 2.45) is 0 Å². The molecule has 29 heavy (non-hydrogen) atoms. The molecule has 1 aliphatic rings. The van der Waals surface area contributed by atoms with E-state index in [1.807, 2.05) is 0 Å². The van der Waals surface area contributed by atoms with Crippen molar-refractivity contribution in [1.82, 2.24) is 9.21 Å². The van der Waals surface area contributed by atoms with Gasteiger partial charge in [0.2, 0.25) is 10.0 Å². The second kappa shape index (κ2) is 7.76. The zero-order chi connectivity index (χ0) is 21.3. The Morgan fingerprint density at radius 2 is 1.66 bits per heavy atom. The van der Waals surface area contributed by atoms with E-state index in [0.717, 1.165) is 4.90 Å². The van der Waals surface area contributed by atoms with Crippen LogP contribution in [-0.2, 0) is 10.0 Å². The first-order valence-electron chi connectivity index (χ1n) is 9.08. The van der Waals surface area contributed by atoms with Gasteiger partial charge in [-0.2, -0.15) is 4.31 Å². The number of rotatable bonds is 6. The van der Waals surface area contributed by atoms with Crippen molar-refractivity contribution in [3.63, 3.8) is 0 Å². The van der Waals surface area contributed by atoms with Crippen LogP contribution in [0.2, 0.25) is 0 Å². The molecule has 1 aliphatic heterocycles. The lowest BCUT2D eigenvalue weighted by Gasteiger charge is -2.18. The molecule has 0 atom stereocenters. The van der Waals surface area contributed by atoms with Crippen LogP contribution in [0.5, 0.6) is 0 Å². The van der Waals surface area contributed by atoms with Gasteiger partial charge in [0, 0.05) is 31.4 Å². The second-order valence-corrected chi connectivity index (χ2v) is 8.44. The Balaban J connectivity index is 1.86. The highest BCUT2D eigenvalue weighted by molar-refractivity contribution is 7.89. The smallest absolute Gasteiger partial charge is 0.261 e. The van der Waals surface area contributed by atoms with Gasteiger partial charge in [-0.25, -0.2) is 8.42 Å². The normalized spacial score (nSPS) is 13.7. The number of nitrogens with one attached hydrogen (secondary N) is 1. The largest absolute Gasteiger partial charge is 0.322 e. The fraction of sp³-hybridized carbons (Fsp3) is 0.250. The number of hydrogen-bond donors (Lipinski definition) is 1. The highest BCUT2D eigenvalue weighted by atomic mass is 32.2. The molecule has 0 saturated carbocycles. The molecule has 9 heteroatoms. The van der Waals surface area contributed by atoms with Crippen molar-refractivity contribution in [2.75, 3.05) is 25.5 Å². The number of nitrogens with zero attached hydrogens (tertiary/aromatic N) is 2. The third-order valence-corrected chi connectivity index (χ3v) is 6.83. The van der Waals surface area contributed by atoms with Crippen LogP contribution in [0.15, 0.2) is 47.4 Å². The molecule has 0 fully saturated rings. The maximum Gasteiger partial charge on any atom is 0.261 e. The Kier molecular flexibility index (Phi) is 5.54. The number of carbonyl (C=O) groups excluding carboxylic acids is 3. The van der Waals surface area contributed by atoms with Crippen molar-refractivity contribution >= 4 is 33.4 Å². The predicted molar refractivity (Wildman–Crippen MR) is 107 cm³/mol. The van der Waals surface area contributed by atoms with Crippen molar-refractivity contribution < 1.29 is 22.8 Å². The maximum absolute atomic E-state index is 12.7. The number of sulfonamides is 1. The van der Waals surface area contributed by atoms with Crippen LogP contribution in [0.3, 0.4) is 0 Å². The molecular weight excluding hydrogens is 394 g/mol. The lowest BCUT2D eigenvalue weighted by atomic mass is 10.1. The summed E-state index contributed by atoms with van der Waals surface area (Å²) in [7, 11) is -2.30. The van der Waals surface area contributed by atoms with Crippen LogP contribution in [0, 0.1) is 0 Å². The van der Waals surface area contributed by atoms with Gasteiger partial charge in [-0.3, -0.25) is 19.3 Å². The lowest BCUT2D eigenvalue weighted by Crippen LogP contribution is -2.30. The SMILES string of the molecule is CCN(CC)S(=O)(=O)c1cccc(C(=O)Nc2ccc3c(c2)C(=O)N(C)C3=O)c1. The van der Waals surface area contributed by atoms with Gasteiger partial charge in [0.05, 0.1) is 16.0 Å². The van der Waals surface area contributed by atoms with Gasteiger partial charge in [0.15, 0.2) is 0 Å². The van der Waals surface area contributed by atoms with Gasteiger partial charge < -0.3 is 5.32 Å². The first-order valence-corrected chi connectivity index (χ1v) is 10.5. The summed E-state index contributed by atoms with van der Waals surface area (Å²) in [6, 6.07) is 10.2. The molecule has 0 spiro atoms. The summed E-state index contributed by atoms with van der Waals surface area (Å²) in [5.74, 6) is -1.35. The fourth-order valence-corrected chi connectivity index (χ4v) is 4.66. The fourth-order valence-electron chi connectivity index (χ4n) is 3.15. The highest BCUT2D eigenvalue weighted by Gasteiger charge is 2.32. The minimum absolute atomic E-state index is 0.0326. The standard InChI is InChI=1S/C20H21N3O5S/c1-4-23(5-2)29(27,28)15-8-6-7-13(11-15)18(24)21-14-9-10-16-17(12-14)20(26)22(3)19(16)25/h6-12H,4-5H2,1-3H3,(H,21,24). The molecule has 0 saturated heterocycles. The molecule has 1 heterocycles. The average molecular weight is 415 g/mol. The van der Waals surface area contributed by atoms with E-state index in [-0.39, 0.29) is 21.6 Å². The second-order valence-electron chi connectivity index (χ2n) is 6.50. The lowest BCUT2D eigenvalue weighted by molar-refractivity contribution is 0.0692. The molecule has 2 aromatic rings. The zero-order valence-corrected chi connectivity index (χ0v) is 17.1. The Hall–Kier alpha value is -3.04. The number of anilines is 1.